The molecular weight excluding hydrogens is 390 g/mol. The molecule has 1 aromatic carbocycles. The lowest BCUT2D eigenvalue weighted by Crippen LogP contribution is -2.51. The number of hydrogen-bond acceptors (Lipinski definition) is 5. The molecule has 0 spiro atoms. The van der Waals surface area contributed by atoms with Crippen LogP contribution in [0.5, 0.6) is 0 Å². The van der Waals surface area contributed by atoms with Crippen LogP contribution in [-0.4, -0.2) is 69.5 Å². The van der Waals surface area contributed by atoms with Gasteiger partial charge >= 0.3 is 0 Å². The van der Waals surface area contributed by atoms with Crippen molar-refractivity contribution >= 4 is 28.3 Å². The molecule has 9 heteroatoms. The minimum atomic E-state index is -3.52. The number of halogens is 1. The van der Waals surface area contributed by atoms with Gasteiger partial charge < -0.3 is 15.4 Å². The van der Waals surface area contributed by atoms with Gasteiger partial charge in [0.05, 0.1) is 17.4 Å². The van der Waals surface area contributed by atoms with E-state index in [9.17, 15) is 13.2 Å². The van der Waals surface area contributed by atoms with E-state index in [-0.39, 0.29) is 37.4 Å². The molecule has 1 aromatic rings. The van der Waals surface area contributed by atoms with Gasteiger partial charge in [-0.25, -0.2) is 8.42 Å². The van der Waals surface area contributed by atoms with Gasteiger partial charge in [0.1, 0.15) is 0 Å². The molecular formula is C18H30ClN3O4S. The van der Waals surface area contributed by atoms with E-state index >= 15 is 0 Å². The number of ether oxygens (including phenoxy) is 1. The molecule has 0 aliphatic carbocycles. The Morgan fingerprint density at radius 2 is 1.78 bits per heavy atom. The zero-order valence-corrected chi connectivity index (χ0v) is 17.6. The molecule has 1 amide bonds. The van der Waals surface area contributed by atoms with Crippen LogP contribution in [0.2, 0.25) is 0 Å². The molecule has 1 saturated heterocycles. The highest BCUT2D eigenvalue weighted by Gasteiger charge is 2.30. The number of nitrogens with two attached hydrogens (primary N) is 1. The quantitative estimate of drug-likeness (QED) is 0.684. The maximum Gasteiger partial charge on any atom is 0.243 e. The molecule has 0 radical (unpaired) electrons. The molecule has 0 bridgehead atoms. The Labute approximate surface area is 168 Å². The minimum absolute atomic E-state index is 0. The Kier molecular flexibility index (Phi) is 9.69. The van der Waals surface area contributed by atoms with E-state index in [4.69, 9.17) is 10.5 Å². The van der Waals surface area contributed by atoms with Crippen molar-refractivity contribution in [2.75, 3.05) is 39.8 Å². The molecule has 1 fully saturated rings. The number of hydrogen-bond donors (Lipinski definition) is 1. The number of benzene rings is 1. The predicted octanol–water partition coefficient (Wildman–Crippen LogP) is 1.26. The summed E-state index contributed by atoms with van der Waals surface area (Å²) >= 11 is 0. The first-order chi connectivity index (χ1) is 12.4. The van der Waals surface area contributed by atoms with E-state index in [2.05, 4.69) is 6.92 Å². The Bertz CT molecular complexity index is 685. The lowest BCUT2D eigenvalue weighted by Gasteiger charge is -2.34. The highest BCUT2D eigenvalue weighted by molar-refractivity contribution is 7.89. The van der Waals surface area contributed by atoms with Crippen LogP contribution in [0.4, 0.5) is 0 Å². The maximum atomic E-state index is 12.8. The summed E-state index contributed by atoms with van der Waals surface area (Å²) in [6, 6.07) is 7.08. The predicted molar refractivity (Wildman–Crippen MR) is 107 cm³/mol. The first-order valence-electron chi connectivity index (χ1n) is 9.02. The van der Waals surface area contributed by atoms with Gasteiger partial charge in [0.25, 0.3) is 0 Å². The van der Waals surface area contributed by atoms with Crippen molar-refractivity contribution in [1.29, 1.82) is 0 Å². The largest absolute Gasteiger partial charge is 0.380 e. The van der Waals surface area contributed by atoms with Crippen molar-refractivity contribution in [3.8, 4) is 0 Å². The van der Waals surface area contributed by atoms with Crippen LogP contribution in [0.15, 0.2) is 29.2 Å². The number of nitrogens with zero attached hydrogens (tertiary/aromatic N) is 2. The molecule has 1 aliphatic heterocycles. The van der Waals surface area contributed by atoms with Crippen LogP contribution < -0.4 is 5.73 Å². The van der Waals surface area contributed by atoms with Crippen LogP contribution in [0.1, 0.15) is 25.3 Å². The lowest BCUT2D eigenvalue weighted by molar-refractivity contribution is -0.134. The van der Waals surface area contributed by atoms with Gasteiger partial charge in [-0.3, -0.25) is 4.79 Å². The number of amides is 1. The molecule has 2 rings (SSSR count). The monoisotopic (exact) mass is 419 g/mol. The van der Waals surface area contributed by atoms with Crippen molar-refractivity contribution in [2.45, 2.75) is 37.2 Å². The first kappa shape index (κ1) is 23.8. The van der Waals surface area contributed by atoms with Crippen LogP contribution >= 0.6 is 12.4 Å². The van der Waals surface area contributed by atoms with Crippen molar-refractivity contribution < 1.29 is 17.9 Å². The zero-order valence-electron chi connectivity index (χ0n) is 16.0. The summed E-state index contributed by atoms with van der Waals surface area (Å²) in [7, 11) is -2.00. The van der Waals surface area contributed by atoms with Gasteiger partial charge in [0.2, 0.25) is 15.9 Å². The highest BCUT2D eigenvalue weighted by atomic mass is 35.5. The van der Waals surface area contributed by atoms with Gasteiger partial charge in [-0.15, -0.1) is 12.4 Å². The third-order valence-corrected chi connectivity index (χ3v) is 6.60. The molecule has 1 aliphatic rings. The summed E-state index contributed by atoms with van der Waals surface area (Å²) in [5.74, 6) is -0.0525. The van der Waals surface area contributed by atoms with Crippen LogP contribution in [0, 0.1) is 0 Å². The van der Waals surface area contributed by atoms with E-state index in [0.717, 1.165) is 18.4 Å². The van der Waals surface area contributed by atoms with Crippen LogP contribution in [-0.2, 0) is 26.0 Å². The summed E-state index contributed by atoms with van der Waals surface area (Å²) in [5, 5.41) is 0. The summed E-state index contributed by atoms with van der Waals surface area (Å²) in [5.41, 5.74) is 6.68. The standard InChI is InChI=1S/C18H29N3O4S.ClH/c1-3-4-15-5-7-17(8-6-15)26(23,24)21-11-9-20(10-12-21)18(22)13-16(14-19)25-2;/h5-8,16H,3-4,9-14,19H2,1-2H3;1H. The number of piperazine rings is 1. The molecule has 1 unspecified atom stereocenters. The number of methoxy groups -OCH3 is 1. The average Bonchev–Trinajstić information content (AvgIpc) is 2.66. The van der Waals surface area contributed by atoms with Crippen LogP contribution in [0.3, 0.4) is 0 Å². The van der Waals surface area contributed by atoms with Crippen molar-refractivity contribution in [3.05, 3.63) is 29.8 Å². The first-order valence-corrected chi connectivity index (χ1v) is 10.5. The van der Waals surface area contributed by atoms with Crippen LogP contribution in [0.25, 0.3) is 0 Å². The van der Waals surface area contributed by atoms with Gasteiger partial charge in [-0.1, -0.05) is 25.5 Å². The number of sulfonamides is 1. The summed E-state index contributed by atoms with van der Waals surface area (Å²) < 4.78 is 32.2. The van der Waals surface area contributed by atoms with Gasteiger partial charge in [-0.05, 0) is 24.1 Å². The Morgan fingerprint density at radius 1 is 1.19 bits per heavy atom. The van der Waals surface area contributed by atoms with Crippen molar-refractivity contribution in [3.63, 3.8) is 0 Å². The number of rotatable bonds is 8. The van der Waals surface area contributed by atoms with E-state index in [0.29, 0.717) is 31.1 Å². The molecule has 27 heavy (non-hydrogen) atoms. The Hall–Kier alpha value is -1.19. The Balaban J connectivity index is 0.00000364. The molecule has 0 saturated carbocycles. The molecule has 1 heterocycles. The normalized spacial score (nSPS) is 16.6. The molecule has 0 aromatic heterocycles. The number of carbonyl (C=O) groups is 1. The van der Waals surface area contributed by atoms with Gasteiger partial charge in [0.15, 0.2) is 0 Å². The third kappa shape index (κ3) is 6.15. The SMILES string of the molecule is CCCc1ccc(S(=O)(=O)N2CCN(C(=O)CC(CN)OC)CC2)cc1.Cl. The molecule has 154 valence electrons. The van der Waals surface area contributed by atoms with E-state index in [1.165, 1.54) is 11.4 Å². The fraction of sp³-hybridized carbons (Fsp3) is 0.611. The number of aryl methyl sites for hydroxylation is 1. The van der Waals surface area contributed by atoms with E-state index < -0.39 is 10.0 Å². The fourth-order valence-corrected chi connectivity index (χ4v) is 4.45. The second kappa shape index (κ2) is 11.0. The average molecular weight is 420 g/mol. The topological polar surface area (TPSA) is 92.9 Å². The van der Waals surface area contributed by atoms with E-state index in [1.54, 1.807) is 17.0 Å². The summed E-state index contributed by atoms with van der Waals surface area (Å²) in [4.78, 5) is 14.3. The lowest BCUT2D eigenvalue weighted by atomic mass is 10.1. The highest BCUT2D eigenvalue weighted by Crippen LogP contribution is 2.19. The van der Waals surface area contributed by atoms with Crippen molar-refractivity contribution in [1.82, 2.24) is 9.21 Å². The van der Waals surface area contributed by atoms with Gasteiger partial charge in [0, 0.05) is 39.8 Å². The zero-order chi connectivity index (χ0) is 19.2. The van der Waals surface area contributed by atoms with Gasteiger partial charge in [-0.2, -0.15) is 4.31 Å². The second-order valence-corrected chi connectivity index (χ2v) is 8.41. The summed E-state index contributed by atoms with van der Waals surface area (Å²) in [6.07, 6.45) is 1.88. The third-order valence-electron chi connectivity index (χ3n) is 4.69. The molecule has 2 N–H and O–H groups in total. The Morgan fingerprint density at radius 3 is 2.26 bits per heavy atom. The fourth-order valence-electron chi connectivity index (χ4n) is 3.03. The summed E-state index contributed by atoms with van der Waals surface area (Å²) in [6.45, 7) is 3.73. The van der Waals surface area contributed by atoms with E-state index in [1.807, 2.05) is 12.1 Å². The molecule has 1 atom stereocenters. The maximum absolute atomic E-state index is 12.8. The minimum Gasteiger partial charge on any atom is -0.380 e. The second-order valence-electron chi connectivity index (χ2n) is 6.48. The number of carbonyl (C=O) groups excluding carboxylic acids is 1. The smallest absolute Gasteiger partial charge is 0.243 e. The molecule has 7 nitrogen and oxygen atoms in total. The van der Waals surface area contributed by atoms with Crippen molar-refractivity contribution in [2.24, 2.45) is 5.73 Å².